The number of amides is 5. The maximum atomic E-state index is 13.0. The third-order valence-corrected chi connectivity index (χ3v) is 5.52. The minimum absolute atomic E-state index is 0.00722. The van der Waals surface area contributed by atoms with Gasteiger partial charge < -0.3 is 49.7 Å². The number of carbonyl (C=O) groups excluding carboxylic acids is 5. The van der Waals surface area contributed by atoms with Crippen molar-refractivity contribution in [3.8, 4) is 0 Å². The molecule has 0 spiro atoms. The Kier molecular flexibility index (Phi) is 16.0. The third kappa shape index (κ3) is 15.2. The summed E-state index contributed by atoms with van der Waals surface area (Å²) >= 11 is 1.38. The van der Waals surface area contributed by atoms with Crippen LogP contribution in [0.5, 0.6) is 0 Å². The van der Waals surface area contributed by atoms with E-state index >= 15 is 0 Å². The maximum Gasteiger partial charge on any atom is 0.326 e. The predicted molar refractivity (Wildman–Crippen MR) is 137 cm³/mol. The molecule has 16 nitrogen and oxygen atoms in total. The molecular weight excluding hydrogens is 510 g/mol. The number of aliphatic carboxylic acids is 1. The van der Waals surface area contributed by atoms with Crippen LogP contribution in [0.2, 0.25) is 0 Å². The van der Waals surface area contributed by atoms with Gasteiger partial charge in [0.05, 0.1) is 12.5 Å². The number of aliphatic imine (C=N–C) groups is 1. The van der Waals surface area contributed by atoms with Crippen LogP contribution in [0.1, 0.15) is 38.5 Å². The molecule has 4 atom stereocenters. The summed E-state index contributed by atoms with van der Waals surface area (Å²) in [5, 5.41) is 16.5. The van der Waals surface area contributed by atoms with E-state index in [9.17, 15) is 33.9 Å². The first-order valence-corrected chi connectivity index (χ1v) is 12.7. The Bertz CT molecular complexity index is 852. The number of nitrogens with one attached hydrogen (secondary N) is 3. The molecule has 0 aromatic carbocycles. The van der Waals surface area contributed by atoms with Crippen molar-refractivity contribution in [3.05, 3.63) is 0 Å². The zero-order valence-corrected chi connectivity index (χ0v) is 21.4. The van der Waals surface area contributed by atoms with Gasteiger partial charge in [-0.2, -0.15) is 11.8 Å². The van der Waals surface area contributed by atoms with Crippen molar-refractivity contribution in [2.45, 2.75) is 62.7 Å². The fraction of sp³-hybridized carbons (Fsp3) is 0.650. The second-order valence-corrected chi connectivity index (χ2v) is 9.02. The molecule has 0 saturated heterocycles. The van der Waals surface area contributed by atoms with E-state index in [1.807, 2.05) is 0 Å². The van der Waals surface area contributed by atoms with Crippen LogP contribution in [0.25, 0.3) is 0 Å². The lowest BCUT2D eigenvalue weighted by atomic mass is 10.1. The number of hydrogen-bond donors (Lipinski definition) is 9. The van der Waals surface area contributed by atoms with E-state index in [1.54, 1.807) is 6.26 Å². The maximum absolute atomic E-state index is 13.0. The number of nitrogens with zero attached hydrogens (tertiary/aromatic N) is 1. The van der Waals surface area contributed by atoms with Gasteiger partial charge in [0.1, 0.15) is 18.1 Å². The molecule has 0 radical (unpaired) electrons. The lowest BCUT2D eigenvalue weighted by Gasteiger charge is -2.25. The second-order valence-electron chi connectivity index (χ2n) is 8.03. The van der Waals surface area contributed by atoms with E-state index in [4.69, 9.17) is 28.7 Å². The summed E-state index contributed by atoms with van der Waals surface area (Å²) in [4.78, 5) is 75.9. The fourth-order valence-electron chi connectivity index (χ4n) is 2.95. The van der Waals surface area contributed by atoms with Gasteiger partial charge in [-0.25, -0.2) is 4.79 Å². The van der Waals surface area contributed by atoms with E-state index in [0.29, 0.717) is 5.75 Å². The zero-order chi connectivity index (χ0) is 28.5. The number of guanidine groups is 1. The van der Waals surface area contributed by atoms with Crippen molar-refractivity contribution in [2.75, 3.05) is 18.6 Å². The van der Waals surface area contributed by atoms with Gasteiger partial charge in [0.2, 0.25) is 29.5 Å². The number of hydrogen-bond acceptors (Lipinski definition) is 9. The number of thioether (sulfide) groups is 1. The van der Waals surface area contributed by atoms with Crippen molar-refractivity contribution in [1.29, 1.82) is 0 Å². The summed E-state index contributed by atoms with van der Waals surface area (Å²) in [7, 11) is 0. The summed E-state index contributed by atoms with van der Waals surface area (Å²) in [6.07, 6.45) is 1.16. The van der Waals surface area contributed by atoms with E-state index in [-0.39, 0.29) is 44.6 Å². The highest BCUT2D eigenvalue weighted by Gasteiger charge is 2.30. The Morgan fingerprint density at radius 3 is 1.84 bits per heavy atom. The van der Waals surface area contributed by atoms with Gasteiger partial charge in [-0.05, 0) is 37.7 Å². The van der Waals surface area contributed by atoms with Crippen LogP contribution in [0.4, 0.5) is 0 Å². The summed E-state index contributed by atoms with van der Waals surface area (Å²) in [5.74, 6) is -5.09. The largest absolute Gasteiger partial charge is 0.480 e. The number of rotatable bonds is 19. The highest BCUT2D eigenvalue weighted by Crippen LogP contribution is 2.06. The Morgan fingerprint density at radius 1 is 0.811 bits per heavy atom. The molecule has 0 fully saturated rings. The van der Waals surface area contributed by atoms with E-state index in [0.717, 1.165) is 0 Å². The number of carbonyl (C=O) groups is 6. The van der Waals surface area contributed by atoms with Crippen LogP contribution >= 0.6 is 11.8 Å². The Labute approximate surface area is 218 Å². The van der Waals surface area contributed by atoms with Gasteiger partial charge in [0.25, 0.3) is 0 Å². The van der Waals surface area contributed by atoms with Crippen LogP contribution in [-0.2, 0) is 28.8 Å². The molecule has 210 valence electrons. The predicted octanol–water partition coefficient (Wildman–Crippen LogP) is -4.20. The van der Waals surface area contributed by atoms with Crippen molar-refractivity contribution < 1.29 is 33.9 Å². The van der Waals surface area contributed by atoms with Crippen LogP contribution < -0.4 is 44.6 Å². The smallest absolute Gasteiger partial charge is 0.326 e. The molecule has 0 aliphatic rings. The second kappa shape index (κ2) is 17.8. The fourth-order valence-corrected chi connectivity index (χ4v) is 3.43. The first-order valence-electron chi connectivity index (χ1n) is 11.3. The number of carboxylic acids is 1. The molecule has 0 rings (SSSR count). The summed E-state index contributed by atoms with van der Waals surface area (Å²) < 4.78 is 0. The Hall–Kier alpha value is -3.60. The van der Waals surface area contributed by atoms with Crippen molar-refractivity contribution in [2.24, 2.45) is 33.7 Å². The van der Waals surface area contributed by atoms with Crippen LogP contribution in [0, 0.1) is 0 Å². The minimum atomic E-state index is -1.34. The van der Waals surface area contributed by atoms with Gasteiger partial charge in [-0.3, -0.25) is 29.0 Å². The number of primary amides is 2. The Morgan fingerprint density at radius 2 is 1.35 bits per heavy atom. The van der Waals surface area contributed by atoms with Crippen molar-refractivity contribution in [3.63, 3.8) is 0 Å². The lowest BCUT2D eigenvalue weighted by Crippen LogP contribution is -2.57. The summed E-state index contributed by atoms with van der Waals surface area (Å²) in [6, 6.07) is -5.13. The first kappa shape index (κ1) is 33.4. The SMILES string of the molecule is CSCCC(NC(=O)C(CCC(N)=O)NC(=O)C(CCCN=C(N)N)NC(=O)C(N)CC(N)=O)C(=O)O. The summed E-state index contributed by atoms with van der Waals surface area (Å²) in [5.41, 5.74) is 26.4. The van der Waals surface area contributed by atoms with E-state index in [2.05, 4.69) is 20.9 Å². The van der Waals surface area contributed by atoms with Crippen LogP contribution in [-0.4, -0.2) is 89.3 Å². The van der Waals surface area contributed by atoms with Crippen LogP contribution in [0.3, 0.4) is 0 Å². The molecule has 0 aromatic rings. The van der Waals surface area contributed by atoms with Gasteiger partial charge in [-0.15, -0.1) is 0 Å². The first-order chi connectivity index (χ1) is 17.3. The molecular formula is C20H37N9O7S. The normalized spacial score (nSPS) is 13.8. The minimum Gasteiger partial charge on any atom is -0.480 e. The summed E-state index contributed by atoms with van der Waals surface area (Å²) in [6.45, 7) is 0.122. The standard InChI is InChI=1S/C20H37N9O7S/c1-37-8-6-13(19(35)36)29-18(34)12(4-5-14(22)30)28-17(33)11(3-2-7-26-20(24)25)27-16(32)10(21)9-15(23)31/h10-13H,2-9,21H2,1H3,(H2,22,30)(H2,23,31)(H,27,32)(H,28,33)(H,29,34)(H,35,36)(H4,24,25,26). The average molecular weight is 548 g/mol. The molecule has 14 N–H and O–H groups in total. The van der Waals surface area contributed by atoms with Crippen LogP contribution in [0.15, 0.2) is 4.99 Å². The molecule has 0 aliphatic heterocycles. The highest BCUT2D eigenvalue weighted by atomic mass is 32.2. The van der Waals surface area contributed by atoms with Crippen molar-refractivity contribution in [1.82, 2.24) is 16.0 Å². The lowest BCUT2D eigenvalue weighted by molar-refractivity contribution is -0.142. The molecule has 4 unspecified atom stereocenters. The van der Waals surface area contributed by atoms with Gasteiger partial charge in [-0.1, -0.05) is 0 Å². The molecule has 0 heterocycles. The molecule has 17 heteroatoms. The van der Waals surface area contributed by atoms with Crippen molar-refractivity contribution >= 4 is 53.2 Å². The average Bonchev–Trinajstić information content (AvgIpc) is 2.79. The molecule has 0 aliphatic carbocycles. The Balaban J connectivity index is 5.67. The molecule has 0 saturated carbocycles. The third-order valence-electron chi connectivity index (χ3n) is 4.87. The molecule has 37 heavy (non-hydrogen) atoms. The molecule has 0 aromatic heterocycles. The van der Waals surface area contributed by atoms with Gasteiger partial charge in [0, 0.05) is 13.0 Å². The van der Waals surface area contributed by atoms with E-state index < -0.39 is 66.1 Å². The van der Waals surface area contributed by atoms with Gasteiger partial charge >= 0.3 is 5.97 Å². The quantitative estimate of drug-likeness (QED) is 0.0424. The topological polar surface area (TPSA) is 301 Å². The monoisotopic (exact) mass is 547 g/mol. The molecule has 5 amide bonds. The highest BCUT2D eigenvalue weighted by molar-refractivity contribution is 7.98. The van der Waals surface area contributed by atoms with Gasteiger partial charge in [0.15, 0.2) is 5.96 Å². The number of nitrogens with two attached hydrogens (primary N) is 5. The number of carboxylic acid groups (broad SMARTS) is 1. The van der Waals surface area contributed by atoms with E-state index in [1.165, 1.54) is 11.8 Å². The zero-order valence-electron chi connectivity index (χ0n) is 20.6. The molecule has 0 bridgehead atoms.